The second-order valence-electron chi connectivity index (χ2n) is 9.86. The van der Waals surface area contributed by atoms with Crippen LogP contribution in [0.1, 0.15) is 36.0 Å². The normalized spacial score (nSPS) is 20.2. The Morgan fingerprint density at radius 2 is 1.95 bits per heavy atom. The lowest BCUT2D eigenvalue weighted by atomic mass is 9.68. The number of rotatable bonds is 9. The molecule has 0 unspecified atom stereocenters. The van der Waals surface area contributed by atoms with Gasteiger partial charge in [0.15, 0.2) is 0 Å². The molecule has 5 rings (SSSR count). The third kappa shape index (κ3) is 6.12. The van der Waals surface area contributed by atoms with E-state index in [4.69, 9.17) is 9.47 Å². The van der Waals surface area contributed by atoms with Gasteiger partial charge < -0.3 is 24.8 Å². The Kier molecular flexibility index (Phi) is 7.41. The predicted molar refractivity (Wildman–Crippen MR) is 137 cm³/mol. The van der Waals surface area contributed by atoms with Gasteiger partial charge in [-0.25, -0.2) is 9.48 Å². The topological polar surface area (TPSA) is 98.7 Å². The van der Waals surface area contributed by atoms with E-state index in [2.05, 4.69) is 25.8 Å². The number of alkyl halides is 3. The summed E-state index contributed by atoms with van der Waals surface area (Å²) in [5, 5.41) is 13.5. The highest BCUT2D eigenvalue weighted by atomic mass is 19.4. The van der Waals surface area contributed by atoms with Gasteiger partial charge in [0.2, 0.25) is 5.88 Å². The Labute approximate surface area is 223 Å². The number of carbonyl (C=O) groups is 1. The molecule has 1 aliphatic carbocycles. The van der Waals surface area contributed by atoms with Crippen LogP contribution in [-0.2, 0) is 17.9 Å². The number of anilines is 1. The second kappa shape index (κ2) is 10.8. The van der Waals surface area contributed by atoms with E-state index in [1.165, 1.54) is 25.3 Å². The Hall–Kier alpha value is -3.77. The molecule has 3 aromatic rings. The zero-order valence-electron chi connectivity index (χ0n) is 21.6. The fourth-order valence-electron chi connectivity index (χ4n) is 4.95. The van der Waals surface area contributed by atoms with Crippen molar-refractivity contribution < 1.29 is 32.2 Å². The van der Waals surface area contributed by atoms with Gasteiger partial charge in [-0.2, -0.15) is 0 Å². The summed E-state index contributed by atoms with van der Waals surface area (Å²) in [5.41, 5.74) is 2.33. The summed E-state index contributed by atoms with van der Waals surface area (Å²) in [4.78, 5) is 13.0. The van der Waals surface area contributed by atoms with Gasteiger partial charge in [0, 0.05) is 37.6 Å². The number of ether oxygens (including phenoxy) is 3. The highest BCUT2D eigenvalue weighted by Crippen LogP contribution is 2.42. The van der Waals surface area contributed by atoms with Gasteiger partial charge in [-0.3, -0.25) is 5.32 Å². The van der Waals surface area contributed by atoms with Crippen molar-refractivity contribution in [1.29, 1.82) is 0 Å². The van der Waals surface area contributed by atoms with Crippen LogP contribution in [0.4, 0.5) is 23.8 Å². The minimum atomic E-state index is -4.87. The molecule has 0 bridgehead atoms. The van der Waals surface area contributed by atoms with Crippen LogP contribution in [0, 0.1) is 6.92 Å². The first-order valence-electron chi connectivity index (χ1n) is 12.6. The molecule has 0 radical (unpaired) electrons. The monoisotopic (exact) mass is 545 g/mol. The first-order chi connectivity index (χ1) is 18.6. The lowest BCUT2D eigenvalue weighted by molar-refractivity contribution is -0.274. The van der Waals surface area contributed by atoms with Gasteiger partial charge in [-0.05, 0) is 49.7 Å². The van der Waals surface area contributed by atoms with Crippen LogP contribution in [-0.4, -0.2) is 47.5 Å². The van der Waals surface area contributed by atoms with Gasteiger partial charge in [0.05, 0.1) is 17.9 Å². The summed E-state index contributed by atoms with van der Waals surface area (Å²) in [6.07, 6.45) is -1.90. The third-order valence-electron chi connectivity index (χ3n) is 7.03. The maximum atomic E-state index is 13.0. The van der Waals surface area contributed by atoms with Crippen LogP contribution in [0.25, 0.3) is 5.69 Å². The largest absolute Gasteiger partial charge is 0.573 e. The zero-order valence-corrected chi connectivity index (χ0v) is 21.6. The first-order valence-corrected chi connectivity index (χ1v) is 12.6. The van der Waals surface area contributed by atoms with Gasteiger partial charge in [-0.15, -0.1) is 18.3 Å². The summed E-state index contributed by atoms with van der Waals surface area (Å²) in [6.45, 7) is 2.81. The number of hydrogen-bond acceptors (Lipinski definition) is 6. The van der Waals surface area contributed by atoms with Crippen LogP contribution in [0.3, 0.4) is 0 Å². The van der Waals surface area contributed by atoms with E-state index in [0.717, 1.165) is 25.8 Å². The summed E-state index contributed by atoms with van der Waals surface area (Å²) in [6, 6.07) is 12.8. The van der Waals surface area contributed by atoms with Gasteiger partial charge >= 0.3 is 12.4 Å². The number of nitrogens with one attached hydrogen (secondary N) is 3. The van der Waals surface area contributed by atoms with Gasteiger partial charge in [0.1, 0.15) is 17.7 Å². The number of halogens is 3. The molecule has 1 aliphatic heterocycles. The molecule has 2 fully saturated rings. The van der Waals surface area contributed by atoms with Crippen molar-refractivity contribution >= 4 is 11.8 Å². The molecule has 2 aliphatic rings. The molecule has 12 heteroatoms. The highest BCUT2D eigenvalue weighted by molar-refractivity contribution is 5.89. The van der Waals surface area contributed by atoms with Crippen molar-refractivity contribution in [2.45, 2.75) is 57.3 Å². The van der Waals surface area contributed by atoms with Crippen molar-refractivity contribution in [3.63, 3.8) is 0 Å². The standard InChI is InChI=1S/C27H30F3N5O4/c1-17-23(33-25(36)31-15-19-12-18(16-37-2)8-9-22(19)39-27(28,29)30)35(20-6-4-3-5-7-20)34-24(17)38-21-13-26(14-21)10-11-32-26/h3-9,12,21,32H,10-11,13-16H2,1-2H3,(H2,31,33,36). The first kappa shape index (κ1) is 26.8. The summed E-state index contributed by atoms with van der Waals surface area (Å²) < 4.78 is 55.8. The average molecular weight is 546 g/mol. The number of amides is 2. The summed E-state index contributed by atoms with van der Waals surface area (Å²) in [5.74, 6) is 0.411. The van der Waals surface area contributed by atoms with Crippen LogP contribution >= 0.6 is 0 Å². The number of benzene rings is 2. The molecule has 1 aromatic heterocycles. The number of nitrogens with zero attached hydrogens (tertiary/aromatic N) is 2. The Balaban J connectivity index is 1.32. The molecule has 208 valence electrons. The average Bonchev–Trinajstić information content (AvgIpc) is 3.14. The zero-order chi connectivity index (χ0) is 27.6. The van der Waals surface area contributed by atoms with E-state index in [-0.39, 0.29) is 30.4 Å². The lowest BCUT2D eigenvalue weighted by Crippen LogP contribution is -2.67. The van der Waals surface area contributed by atoms with Crippen molar-refractivity contribution in [2.75, 3.05) is 19.0 Å². The number of urea groups is 1. The van der Waals surface area contributed by atoms with Gasteiger partial charge in [-0.1, -0.05) is 24.3 Å². The molecule has 0 atom stereocenters. The minimum Gasteiger partial charge on any atom is -0.473 e. The number of para-hydroxylation sites is 1. The fourth-order valence-corrected chi connectivity index (χ4v) is 4.95. The summed E-state index contributed by atoms with van der Waals surface area (Å²) >= 11 is 0. The number of methoxy groups -OCH3 is 1. The molecule has 1 saturated carbocycles. The van der Waals surface area contributed by atoms with Crippen LogP contribution in [0.15, 0.2) is 48.5 Å². The molecule has 2 heterocycles. The van der Waals surface area contributed by atoms with Crippen LogP contribution in [0.2, 0.25) is 0 Å². The molecule has 2 aromatic carbocycles. The maximum Gasteiger partial charge on any atom is 0.573 e. The van der Waals surface area contributed by atoms with Gasteiger partial charge in [0.25, 0.3) is 0 Å². The molecule has 1 spiro atoms. The minimum absolute atomic E-state index is 0.0312. The fraction of sp³-hybridized carbons (Fsp3) is 0.407. The number of carbonyl (C=O) groups excluding carboxylic acids is 1. The molecule has 39 heavy (non-hydrogen) atoms. The molecule has 9 nitrogen and oxygen atoms in total. The SMILES string of the molecule is COCc1ccc(OC(F)(F)F)c(CNC(=O)Nc2c(C)c(OC3CC4(CCN4)C3)nn2-c2ccccc2)c1. The molecule has 3 N–H and O–H groups in total. The van der Waals surface area contributed by atoms with E-state index in [0.29, 0.717) is 28.5 Å². The summed E-state index contributed by atoms with van der Waals surface area (Å²) in [7, 11) is 1.48. The molecular weight excluding hydrogens is 515 g/mol. The second-order valence-corrected chi connectivity index (χ2v) is 9.86. The van der Waals surface area contributed by atoms with E-state index in [9.17, 15) is 18.0 Å². The molecule has 1 saturated heterocycles. The number of aromatic nitrogens is 2. The molecular formula is C27H30F3N5O4. The van der Waals surface area contributed by atoms with E-state index in [1.807, 2.05) is 30.3 Å². The quantitative estimate of drug-likeness (QED) is 0.357. The predicted octanol–water partition coefficient (Wildman–Crippen LogP) is 4.82. The van der Waals surface area contributed by atoms with Crippen LogP contribution in [0.5, 0.6) is 11.6 Å². The Bertz CT molecular complexity index is 1320. The van der Waals surface area contributed by atoms with E-state index >= 15 is 0 Å². The number of hydrogen-bond donors (Lipinski definition) is 3. The van der Waals surface area contributed by atoms with Crippen molar-refractivity contribution in [1.82, 2.24) is 20.4 Å². The smallest absolute Gasteiger partial charge is 0.473 e. The maximum absolute atomic E-state index is 13.0. The van der Waals surface area contributed by atoms with E-state index < -0.39 is 18.1 Å². The lowest BCUT2D eigenvalue weighted by Gasteiger charge is -2.54. The highest BCUT2D eigenvalue weighted by Gasteiger charge is 2.49. The van der Waals surface area contributed by atoms with Crippen LogP contribution < -0.4 is 25.4 Å². The third-order valence-corrected chi connectivity index (χ3v) is 7.03. The van der Waals surface area contributed by atoms with Crippen molar-refractivity contribution in [2.24, 2.45) is 0 Å². The Morgan fingerprint density at radius 3 is 2.59 bits per heavy atom. The van der Waals surface area contributed by atoms with Crippen molar-refractivity contribution in [3.05, 3.63) is 65.2 Å². The molecule has 2 amide bonds. The van der Waals surface area contributed by atoms with Crippen molar-refractivity contribution in [3.8, 4) is 17.3 Å². The van der Waals surface area contributed by atoms with E-state index in [1.54, 1.807) is 11.6 Å². The Morgan fingerprint density at radius 1 is 1.21 bits per heavy atom.